The van der Waals surface area contributed by atoms with Gasteiger partial charge < -0.3 is 19.7 Å². The number of hydrogen-bond acceptors (Lipinski definition) is 4. The molecule has 2 saturated heterocycles. The highest BCUT2D eigenvalue weighted by Gasteiger charge is 2.41. The number of carbonyl (C=O) groups excluding carboxylic acids is 1. The molecule has 0 bridgehead atoms. The molecule has 1 atom stereocenters. The third kappa shape index (κ3) is 5.28. The molecule has 0 saturated carbocycles. The van der Waals surface area contributed by atoms with E-state index in [0.717, 1.165) is 62.1 Å². The van der Waals surface area contributed by atoms with Crippen molar-refractivity contribution in [3.8, 4) is 16.9 Å². The second kappa shape index (κ2) is 9.84. The Hall–Kier alpha value is -2.37. The van der Waals surface area contributed by atoms with E-state index in [1.807, 2.05) is 12.1 Å². The summed E-state index contributed by atoms with van der Waals surface area (Å²) < 4.78 is 11.0. The predicted octanol–water partition coefficient (Wildman–Crippen LogP) is 3.91. The summed E-state index contributed by atoms with van der Waals surface area (Å²) in [5.74, 6) is 1.04. The highest BCUT2D eigenvalue weighted by atomic mass is 16.5. The van der Waals surface area contributed by atoms with Crippen LogP contribution in [0.2, 0.25) is 0 Å². The van der Waals surface area contributed by atoms with E-state index in [-0.39, 0.29) is 11.9 Å². The van der Waals surface area contributed by atoms with E-state index in [4.69, 9.17) is 9.47 Å². The number of hydrogen-bond donors (Lipinski definition) is 1. The summed E-state index contributed by atoms with van der Waals surface area (Å²) in [5.41, 5.74) is 3.06. The molecule has 0 spiro atoms. The van der Waals surface area contributed by atoms with Crippen LogP contribution < -0.4 is 10.1 Å². The SMILES string of the molecule is COc1cccc(-c2cccc(CC3(C(=O)N[C@@H]4CCCN(C)C4)CCOCC3)c2)c1. The van der Waals surface area contributed by atoms with E-state index in [0.29, 0.717) is 13.2 Å². The summed E-state index contributed by atoms with van der Waals surface area (Å²) >= 11 is 0. The van der Waals surface area contributed by atoms with Gasteiger partial charge in [-0.05, 0) is 74.5 Å². The molecule has 2 aromatic rings. The van der Waals surface area contributed by atoms with Crippen LogP contribution >= 0.6 is 0 Å². The zero-order chi connectivity index (χ0) is 21.7. The molecule has 5 heteroatoms. The summed E-state index contributed by atoms with van der Waals surface area (Å²) in [6.45, 7) is 3.34. The van der Waals surface area contributed by atoms with E-state index in [1.54, 1.807) is 7.11 Å². The summed E-state index contributed by atoms with van der Waals surface area (Å²) in [4.78, 5) is 15.8. The molecular formula is C26H34N2O3. The van der Waals surface area contributed by atoms with Gasteiger partial charge in [-0.3, -0.25) is 4.79 Å². The molecule has 31 heavy (non-hydrogen) atoms. The van der Waals surface area contributed by atoms with Gasteiger partial charge in [0.2, 0.25) is 5.91 Å². The number of rotatable bonds is 6. The van der Waals surface area contributed by atoms with E-state index < -0.39 is 5.41 Å². The third-order valence-electron chi connectivity index (χ3n) is 6.76. The highest BCUT2D eigenvalue weighted by Crippen LogP contribution is 2.36. The summed E-state index contributed by atoms with van der Waals surface area (Å²) in [5, 5.41) is 3.39. The molecule has 5 nitrogen and oxygen atoms in total. The van der Waals surface area contributed by atoms with Gasteiger partial charge in [0.1, 0.15) is 5.75 Å². The largest absolute Gasteiger partial charge is 0.497 e. The van der Waals surface area contributed by atoms with Crippen molar-refractivity contribution in [2.75, 3.05) is 40.5 Å². The topological polar surface area (TPSA) is 50.8 Å². The minimum atomic E-state index is -0.402. The first-order chi connectivity index (χ1) is 15.1. The van der Waals surface area contributed by atoms with Gasteiger partial charge in [-0.15, -0.1) is 0 Å². The number of nitrogens with one attached hydrogen (secondary N) is 1. The Labute approximate surface area is 185 Å². The van der Waals surface area contributed by atoms with Crippen molar-refractivity contribution in [2.45, 2.75) is 38.1 Å². The number of likely N-dealkylation sites (tertiary alicyclic amines) is 1. The number of benzene rings is 2. The molecule has 2 aromatic carbocycles. The normalized spacial score (nSPS) is 21.4. The van der Waals surface area contributed by atoms with E-state index in [1.165, 1.54) is 5.56 Å². The van der Waals surface area contributed by atoms with Gasteiger partial charge >= 0.3 is 0 Å². The number of amides is 1. The fourth-order valence-corrected chi connectivity index (χ4v) is 4.92. The zero-order valence-electron chi connectivity index (χ0n) is 18.7. The smallest absolute Gasteiger partial charge is 0.226 e. The van der Waals surface area contributed by atoms with Gasteiger partial charge in [-0.1, -0.05) is 36.4 Å². The number of piperidine rings is 1. The van der Waals surface area contributed by atoms with Crippen LogP contribution in [0.25, 0.3) is 11.1 Å². The lowest BCUT2D eigenvalue weighted by molar-refractivity contribution is -0.137. The zero-order valence-corrected chi connectivity index (χ0v) is 18.7. The van der Waals surface area contributed by atoms with Crippen molar-refractivity contribution in [1.29, 1.82) is 0 Å². The summed E-state index contributed by atoms with van der Waals surface area (Å²) in [6, 6.07) is 16.9. The lowest BCUT2D eigenvalue weighted by atomic mass is 9.74. The Morgan fingerprint density at radius 1 is 1.16 bits per heavy atom. The van der Waals surface area contributed by atoms with Gasteiger partial charge in [0.15, 0.2) is 0 Å². The molecule has 2 fully saturated rings. The van der Waals surface area contributed by atoms with Crippen LogP contribution in [-0.4, -0.2) is 57.3 Å². The van der Waals surface area contributed by atoms with Gasteiger partial charge in [0, 0.05) is 25.8 Å². The van der Waals surface area contributed by atoms with Crippen LogP contribution in [0.5, 0.6) is 5.75 Å². The van der Waals surface area contributed by atoms with Crippen LogP contribution in [0, 0.1) is 5.41 Å². The third-order valence-corrected chi connectivity index (χ3v) is 6.76. The van der Waals surface area contributed by atoms with Crippen LogP contribution in [-0.2, 0) is 16.0 Å². The monoisotopic (exact) mass is 422 g/mol. The fourth-order valence-electron chi connectivity index (χ4n) is 4.92. The number of carbonyl (C=O) groups is 1. The molecule has 2 aliphatic heterocycles. The van der Waals surface area contributed by atoms with Gasteiger partial charge in [-0.2, -0.15) is 0 Å². The Morgan fingerprint density at radius 2 is 1.90 bits per heavy atom. The summed E-state index contributed by atoms with van der Waals surface area (Å²) in [7, 11) is 3.82. The molecule has 1 N–H and O–H groups in total. The molecule has 4 rings (SSSR count). The second-order valence-electron chi connectivity index (χ2n) is 9.08. The van der Waals surface area contributed by atoms with Crippen LogP contribution in [0.1, 0.15) is 31.2 Å². The van der Waals surface area contributed by atoms with Crippen molar-refractivity contribution in [3.63, 3.8) is 0 Å². The van der Waals surface area contributed by atoms with Gasteiger partial charge in [0.05, 0.1) is 12.5 Å². The van der Waals surface area contributed by atoms with Crippen molar-refractivity contribution in [2.24, 2.45) is 5.41 Å². The number of nitrogens with zero attached hydrogens (tertiary/aromatic N) is 1. The Kier molecular flexibility index (Phi) is 6.93. The van der Waals surface area contributed by atoms with Crippen LogP contribution in [0.3, 0.4) is 0 Å². The number of likely N-dealkylation sites (N-methyl/N-ethyl adjacent to an activating group) is 1. The molecule has 0 unspecified atom stereocenters. The van der Waals surface area contributed by atoms with E-state index in [2.05, 4.69) is 53.7 Å². The Morgan fingerprint density at radius 3 is 2.65 bits per heavy atom. The lowest BCUT2D eigenvalue weighted by Gasteiger charge is -2.39. The maximum Gasteiger partial charge on any atom is 0.226 e. The fraction of sp³-hybridized carbons (Fsp3) is 0.500. The first-order valence-corrected chi connectivity index (χ1v) is 11.4. The van der Waals surface area contributed by atoms with Crippen molar-refractivity contribution < 1.29 is 14.3 Å². The first kappa shape index (κ1) is 21.8. The Bertz CT molecular complexity index is 892. The maximum atomic E-state index is 13.5. The molecule has 0 aliphatic carbocycles. The van der Waals surface area contributed by atoms with Crippen molar-refractivity contribution >= 4 is 5.91 Å². The van der Waals surface area contributed by atoms with Crippen molar-refractivity contribution in [1.82, 2.24) is 10.2 Å². The molecule has 0 radical (unpaired) electrons. The molecule has 1 amide bonds. The maximum absolute atomic E-state index is 13.5. The van der Waals surface area contributed by atoms with E-state index >= 15 is 0 Å². The number of methoxy groups -OCH3 is 1. The molecular weight excluding hydrogens is 388 g/mol. The van der Waals surface area contributed by atoms with Crippen molar-refractivity contribution in [3.05, 3.63) is 54.1 Å². The number of ether oxygens (including phenoxy) is 2. The average molecular weight is 423 g/mol. The highest BCUT2D eigenvalue weighted by molar-refractivity contribution is 5.83. The van der Waals surface area contributed by atoms with Crippen LogP contribution in [0.4, 0.5) is 0 Å². The summed E-state index contributed by atoms with van der Waals surface area (Å²) in [6.07, 6.45) is 4.48. The molecule has 0 aromatic heterocycles. The molecule has 2 aliphatic rings. The van der Waals surface area contributed by atoms with E-state index in [9.17, 15) is 4.79 Å². The van der Waals surface area contributed by atoms with Gasteiger partial charge in [-0.25, -0.2) is 0 Å². The lowest BCUT2D eigenvalue weighted by Crippen LogP contribution is -2.53. The Balaban J connectivity index is 1.54. The minimum Gasteiger partial charge on any atom is -0.497 e. The second-order valence-corrected chi connectivity index (χ2v) is 9.08. The average Bonchev–Trinajstić information content (AvgIpc) is 2.80. The quantitative estimate of drug-likeness (QED) is 0.767. The van der Waals surface area contributed by atoms with Crippen LogP contribution in [0.15, 0.2) is 48.5 Å². The standard InChI is InChI=1S/C26H34N2O3/c1-28-13-5-9-23(19-28)27-25(29)26(11-14-31-15-12-26)18-20-6-3-7-21(16-20)22-8-4-10-24(17-22)30-2/h3-4,6-8,10,16-17,23H,5,9,11-15,18-19H2,1-2H3,(H,27,29)/t23-/m1/s1. The molecule has 166 valence electrons. The predicted molar refractivity (Wildman–Crippen MR) is 123 cm³/mol. The minimum absolute atomic E-state index is 0.197. The molecule has 2 heterocycles. The van der Waals surface area contributed by atoms with Gasteiger partial charge in [0.25, 0.3) is 0 Å². The first-order valence-electron chi connectivity index (χ1n) is 11.4.